The molecular weight excluding hydrogens is 228 g/mol. The average molecular weight is 240 g/mol. The maximum Gasteiger partial charge on any atom is 0.336 e. The van der Waals surface area contributed by atoms with Crippen LogP contribution in [0.3, 0.4) is 0 Å². The number of carboxylic acids is 2. The molecule has 2 N–H and O–H groups in total. The van der Waals surface area contributed by atoms with Gasteiger partial charge in [0.2, 0.25) is 0 Å². The number of carbonyl (C=O) groups is 2. The van der Waals surface area contributed by atoms with Gasteiger partial charge in [0.1, 0.15) is 0 Å². The molecule has 0 saturated carbocycles. The minimum Gasteiger partial charge on any atom is -0.481 e. The molecule has 1 aromatic carbocycles. The molecule has 0 atom stereocenters. The van der Waals surface area contributed by atoms with Gasteiger partial charge in [0.25, 0.3) is 0 Å². The highest BCUT2D eigenvalue weighted by atomic mass is 32.2. The summed E-state index contributed by atoms with van der Waals surface area (Å²) >= 11 is 1.03. The van der Waals surface area contributed by atoms with E-state index in [-0.39, 0.29) is 11.3 Å². The van der Waals surface area contributed by atoms with E-state index in [1.54, 1.807) is 12.1 Å². The van der Waals surface area contributed by atoms with Gasteiger partial charge < -0.3 is 10.2 Å². The Balaban J connectivity index is 3.00. The summed E-state index contributed by atoms with van der Waals surface area (Å²) in [5, 5.41) is 17.5. The second-order valence-electron chi connectivity index (χ2n) is 3.17. The predicted molar refractivity (Wildman–Crippen MR) is 61.1 cm³/mol. The molecule has 1 aromatic rings. The molecular formula is C11H12O4S. The van der Waals surface area contributed by atoms with Gasteiger partial charge in [-0.1, -0.05) is 13.0 Å². The van der Waals surface area contributed by atoms with E-state index in [9.17, 15) is 9.59 Å². The summed E-state index contributed by atoms with van der Waals surface area (Å²) in [6.45, 7) is 1.96. The van der Waals surface area contributed by atoms with E-state index in [1.165, 1.54) is 6.07 Å². The Hall–Kier alpha value is -1.49. The minimum absolute atomic E-state index is 0.132. The van der Waals surface area contributed by atoms with Crippen LogP contribution in [0.25, 0.3) is 0 Å². The lowest BCUT2D eigenvalue weighted by Crippen LogP contribution is -2.03. The summed E-state index contributed by atoms with van der Waals surface area (Å²) in [5.41, 5.74) is 1.15. The van der Waals surface area contributed by atoms with Crippen LogP contribution in [0.5, 0.6) is 0 Å². The van der Waals surface area contributed by atoms with E-state index in [4.69, 9.17) is 10.2 Å². The van der Waals surface area contributed by atoms with Crippen molar-refractivity contribution in [1.82, 2.24) is 0 Å². The van der Waals surface area contributed by atoms with Gasteiger partial charge >= 0.3 is 11.9 Å². The number of thioether (sulfide) groups is 1. The van der Waals surface area contributed by atoms with Crippen LogP contribution >= 0.6 is 11.8 Å². The highest BCUT2D eigenvalue weighted by Crippen LogP contribution is 2.24. The zero-order valence-corrected chi connectivity index (χ0v) is 9.58. The lowest BCUT2D eigenvalue weighted by Gasteiger charge is -2.06. The number of rotatable bonds is 5. The summed E-state index contributed by atoms with van der Waals surface area (Å²) < 4.78 is 0. The number of aliphatic carboxylic acids is 1. The van der Waals surface area contributed by atoms with Crippen molar-refractivity contribution < 1.29 is 19.8 Å². The van der Waals surface area contributed by atoms with E-state index < -0.39 is 11.9 Å². The number of hydrogen-bond donors (Lipinski definition) is 2. The Morgan fingerprint density at radius 2 is 2.00 bits per heavy atom. The number of aryl methyl sites for hydroxylation is 1. The quantitative estimate of drug-likeness (QED) is 0.771. The van der Waals surface area contributed by atoms with Gasteiger partial charge in [0.05, 0.1) is 11.3 Å². The Bertz CT molecular complexity index is 414. The van der Waals surface area contributed by atoms with Crippen molar-refractivity contribution in [3.05, 3.63) is 29.3 Å². The highest BCUT2D eigenvalue weighted by Gasteiger charge is 2.12. The second-order valence-corrected chi connectivity index (χ2v) is 4.19. The van der Waals surface area contributed by atoms with Gasteiger partial charge in [0, 0.05) is 4.90 Å². The van der Waals surface area contributed by atoms with Crippen molar-refractivity contribution in [1.29, 1.82) is 0 Å². The summed E-state index contributed by atoms with van der Waals surface area (Å²) in [7, 11) is 0. The van der Waals surface area contributed by atoms with Crippen molar-refractivity contribution in [2.24, 2.45) is 0 Å². The predicted octanol–water partition coefficient (Wildman–Crippen LogP) is 2.12. The van der Waals surface area contributed by atoms with Crippen molar-refractivity contribution in [3.63, 3.8) is 0 Å². The van der Waals surface area contributed by atoms with Crippen LogP contribution in [0.15, 0.2) is 23.1 Å². The van der Waals surface area contributed by atoms with Crippen LogP contribution in [-0.4, -0.2) is 27.9 Å². The molecule has 0 fully saturated rings. The van der Waals surface area contributed by atoms with Crippen LogP contribution in [0.1, 0.15) is 22.8 Å². The number of hydrogen-bond acceptors (Lipinski definition) is 3. The normalized spacial score (nSPS) is 10.1. The largest absolute Gasteiger partial charge is 0.481 e. The van der Waals surface area contributed by atoms with Crippen molar-refractivity contribution in [2.75, 3.05) is 5.75 Å². The van der Waals surface area contributed by atoms with E-state index in [1.807, 2.05) is 6.92 Å². The maximum absolute atomic E-state index is 10.9. The van der Waals surface area contributed by atoms with Crippen molar-refractivity contribution in [3.8, 4) is 0 Å². The van der Waals surface area contributed by atoms with E-state index in [2.05, 4.69) is 0 Å². The van der Waals surface area contributed by atoms with Gasteiger partial charge in [0.15, 0.2) is 0 Å². The summed E-state index contributed by atoms with van der Waals surface area (Å²) in [6, 6.07) is 5.00. The zero-order chi connectivity index (χ0) is 12.1. The fraction of sp³-hybridized carbons (Fsp3) is 0.273. The van der Waals surface area contributed by atoms with Crippen LogP contribution in [0.2, 0.25) is 0 Å². The summed E-state index contributed by atoms with van der Waals surface area (Å²) in [4.78, 5) is 21.9. The van der Waals surface area contributed by atoms with Gasteiger partial charge in [-0.05, 0) is 24.1 Å². The summed E-state index contributed by atoms with van der Waals surface area (Å²) in [5.74, 6) is -2.12. The topological polar surface area (TPSA) is 74.6 Å². The molecule has 1 rings (SSSR count). The fourth-order valence-corrected chi connectivity index (χ4v) is 2.05. The number of benzene rings is 1. The molecule has 16 heavy (non-hydrogen) atoms. The Morgan fingerprint density at radius 3 is 2.50 bits per heavy atom. The highest BCUT2D eigenvalue weighted by molar-refractivity contribution is 8.00. The van der Waals surface area contributed by atoms with E-state index >= 15 is 0 Å². The molecule has 0 radical (unpaired) electrons. The molecule has 0 aliphatic rings. The molecule has 4 nitrogen and oxygen atoms in total. The molecule has 0 spiro atoms. The lowest BCUT2D eigenvalue weighted by molar-refractivity contribution is -0.133. The van der Waals surface area contributed by atoms with Gasteiger partial charge in [-0.2, -0.15) is 0 Å². The van der Waals surface area contributed by atoms with Crippen molar-refractivity contribution >= 4 is 23.7 Å². The first-order valence-electron chi connectivity index (χ1n) is 4.75. The standard InChI is InChI=1S/C11H12O4S/c1-2-7-3-4-8(11(14)15)9(5-7)16-6-10(12)13/h3-5H,2,6H2,1H3,(H,12,13)(H,14,15). The molecule has 86 valence electrons. The van der Waals surface area contributed by atoms with Crippen LogP contribution in [0.4, 0.5) is 0 Å². The third-order valence-corrected chi connectivity index (χ3v) is 3.08. The maximum atomic E-state index is 10.9. The first-order valence-corrected chi connectivity index (χ1v) is 5.74. The van der Waals surface area contributed by atoms with E-state index in [0.717, 1.165) is 23.7 Å². The van der Waals surface area contributed by atoms with Crippen LogP contribution in [0, 0.1) is 0 Å². The van der Waals surface area contributed by atoms with Gasteiger partial charge in [-0.25, -0.2) is 4.79 Å². The molecule has 0 aromatic heterocycles. The molecule has 0 unspecified atom stereocenters. The Morgan fingerprint density at radius 1 is 1.31 bits per heavy atom. The van der Waals surface area contributed by atoms with Crippen molar-refractivity contribution in [2.45, 2.75) is 18.2 Å². The monoisotopic (exact) mass is 240 g/mol. The lowest BCUT2D eigenvalue weighted by atomic mass is 10.1. The first kappa shape index (κ1) is 12.6. The SMILES string of the molecule is CCc1ccc(C(=O)O)c(SCC(=O)O)c1. The van der Waals surface area contributed by atoms with Crippen LogP contribution < -0.4 is 0 Å². The third kappa shape index (κ3) is 3.27. The van der Waals surface area contributed by atoms with Gasteiger partial charge in [-0.15, -0.1) is 11.8 Å². The first-order chi connectivity index (χ1) is 7.54. The Labute approximate surface area is 97.3 Å². The second kappa shape index (κ2) is 5.55. The number of aromatic carboxylic acids is 1. The molecule has 0 bridgehead atoms. The number of carboxylic acid groups (broad SMARTS) is 2. The Kier molecular flexibility index (Phi) is 4.37. The smallest absolute Gasteiger partial charge is 0.336 e. The summed E-state index contributed by atoms with van der Waals surface area (Å²) in [6.07, 6.45) is 0.792. The molecule has 0 heterocycles. The van der Waals surface area contributed by atoms with E-state index in [0.29, 0.717) is 4.90 Å². The average Bonchev–Trinajstić information content (AvgIpc) is 2.25. The third-order valence-electron chi connectivity index (χ3n) is 2.04. The fourth-order valence-electron chi connectivity index (χ4n) is 1.22. The van der Waals surface area contributed by atoms with Crippen LogP contribution in [-0.2, 0) is 11.2 Å². The minimum atomic E-state index is -1.03. The molecule has 0 aliphatic carbocycles. The molecule has 5 heteroatoms. The molecule has 0 saturated heterocycles. The zero-order valence-electron chi connectivity index (χ0n) is 8.77. The van der Waals surface area contributed by atoms with Gasteiger partial charge in [-0.3, -0.25) is 4.79 Å². The molecule has 0 aliphatic heterocycles. The molecule has 0 amide bonds.